The van der Waals surface area contributed by atoms with E-state index in [2.05, 4.69) is 5.32 Å². The smallest absolute Gasteiger partial charge is 0.234 e. The number of amides is 1. The maximum atomic E-state index is 10.8. The molecule has 0 spiro atoms. The number of hydrogen-bond acceptors (Lipinski definition) is 4. The fourth-order valence-electron chi connectivity index (χ4n) is 0.791. The van der Waals surface area contributed by atoms with Gasteiger partial charge in [0.1, 0.15) is 10.9 Å². The summed E-state index contributed by atoms with van der Waals surface area (Å²) in [5.74, 6) is -0.188. The van der Waals surface area contributed by atoms with E-state index in [4.69, 9.17) is 11.0 Å². The molecule has 0 aromatic carbocycles. The van der Waals surface area contributed by atoms with Gasteiger partial charge in [0.15, 0.2) is 0 Å². The van der Waals surface area contributed by atoms with Crippen molar-refractivity contribution >= 4 is 29.7 Å². The summed E-state index contributed by atoms with van der Waals surface area (Å²) in [7, 11) is 0. The van der Waals surface area contributed by atoms with Crippen molar-refractivity contribution in [1.82, 2.24) is 5.32 Å². The van der Waals surface area contributed by atoms with E-state index >= 15 is 0 Å². The topological polar surface area (TPSA) is 78.9 Å². The molecular formula is C8H10ClN3OS. The van der Waals surface area contributed by atoms with E-state index in [0.717, 1.165) is 4.88 Å². The summed E-state index contributed by atoms with van der Waals surface area (Å²) in [5.41, 5.74) is 5.11. The van der Waals surface area contributed by atoms with Crippen LogP contribution < -0.4 is 11.1 Å². The fraction of sp³-hybridized carbons (Fsp3) is 0.250. The van der Waals surface area contributed by atoms with Gasteiger partial charge in [0.05, 0.1) is 13.1 Å². The van der Waals surface area contributed by atoms with Gasteiger partial charge in [-0.05, 0) is 12.1 Å². The first-order valence-electron chi connectivity index (χ1n) is 3.72. The molecule has 76 valence electrons. The SMILES string of the molecule is Cl.N#Cc1ccc(CNC(=O)CN)s1. The van der Waals surface area contributed by atoms with Crippen LogP contribution in [0.1, 0.15) is 9.75 Å². The number of rotatable bonds is 3. The lowest BCUT2D eigenvalue weighted by Gasteiger charge is -1.99. The molecule has 0 fully saturated rings. The molecule has 1 heterocycles. The molecule has 14 heavy (non-hydrogen) atoms. The van der Waals surface area contributed by atoms with E-state index in [0.29, 0.717) is 11.4 Å². The lowest BCUT2D eigenvalue weighted by Crippen LogP contribution is -2.29. The van der Waals surface area contributed by atoms with E-state index in [1.807, 2.05) is 12.1 Å². The molecule has 1 rings (SSSR count). The van der Waals surface area contributed by atoms with Gasteiger partial charge in [-0.2, -0.15) is 5.26 Å². The Morgan fingerprint density at radius 2 is 2.36 bits per heavy atom. The summed E-state index contributed by atoms with van der Waals surface area (Å²) in [4.78, 5) is 12.4. The first kappa shape index (κ1) is 12.9. The molecule has 0 atom stereocenters. The number of carbonyl (C=O) groups excluding carboxylic acids is 1. The summed E-state index contributed by atoms with van der Waals surface area (Å²) in [6.45, 7) is 0.443. The second kappa shape index (κ2) is 6.38. The Labute approximate surface area is 92.1 Å². The molecule has 0 saturated carbocycles. The van der Waals surface area contributed by atoms with Crippen molar-refractivity contribution in [3.8, 4) is 6.07 Å². The molecule has 0 aliphatic heterocycles. The van der Waals surface area contributed by atoms with Crippen LogP contribution in [0.5, 0.6) is 0 Å². The second-order valence-corrected chi connectivity index (χ2v) is 3.53. The van der Waals surface area contributed by atoms with Crippen molar-refractivity contribution in [3.05, 3.63) is 21.9 Å². The number of halogens is 1. The van der Waals surface area contributed by atoms with Gasteiger partial charge in [0, 0.05) is 4.88 Å². The number of carbonyl (C=O) groups is 1. The first-order valence-corrected chi connectivity index (χ1v) is 4.53. The van der Waals surface area contributed by atoms with E-state index in [1.54, 1.807) is 6.07 Å². The summed E-state index contributed by atoms with van der Waals surface area (Å²) >= 11 is 1.37. The van der Waals surface area contributed by atoms with Crippen molar-refractivity contribution in [2.75, 3.05) is 6.54 Å². The molecule has 0 radical (unpaired) electrons. The molecule has 1 amide bonds. The predicted molar refractivity (Wildman–Crippen MR) is 57.2 cm³/mol. The normalized spacial score (nSPS) is 8.57. The third-order valence-electron chi connectivity index (χ3n) is 1.42. The van der Waals surface area contributed by atoms with E-state index in [-0.39, 0.29) is 24.9 Å². The molecule has 0 bridgehead atoms. The summed E-state index contributed by atoms with van der Waals surface area (Å²) in [5, 5.41) is 11.2. The maximum Gasteiger partial charge on any atom is 0.234 e. The van der Waals surface area contributed by atoms with Gasteiger partial charge in [-0.15, -0.1) is 23.7 Å². The molecular weight excluding hydrogens is 222 g/mol. The molecule has 4 nitrogen and oxygen atoms in total. The summed E-state index contributed by atoms with van der Waals surface area (Å²) < 4.78 is 0. The Bertz CT molecular complexity index is 345. The van der Waals surface area contributed by atoms with Crippen LogP contribution in [0, 0.1) is 11.3 Å². The number of nitriles is 1. The second-order valence-electron chi connectivity index (χ2n) is 2.36. The van der Waals surface area contributed by atoms with Crippen LogP contribution in [0.4, 0.5) is 0 Å². The third kappa shape index (κ3) is 3.75. The number of nitrogens with zero attached hydrogens (tertiary/aromatic N) is 1. The van der Waals surface area contributed by atoms with Crippen LogP contribution in [0.3, 0.4) is 0 Å². The average Bonchev–Trinajstić information content (AvgIpc) is 2.61. The zero-order valence-electron chi connectivity index (χ0n) is 7.32. The van der Waals surface area contributed by atoms with E-state index < -0.39 is 0 Å². The fourth-order valence-corrected chi connectivity index (χ4v) is 1.54. The van der Waals surface area contributed by atoms with E-state index in [9.17, 15) is 4.79 Å². The summed E-state index contributed by atoms with van der Waals surface area (Å²) in [6, 6.07) is 5.58. The lowest BCUT2D eigenvalue weighted by molar-refractivity contribution is -0.119. The van der Waals surface area contributed by atoms with Crippen molar-refractivity contribution in [1.29, 1.82) is 5.26 Å². The molecule has 1 aromatic heterocycles. The molecule has 0 saturated heterocycles. The van der Waals surface area contributed by atoms with Gasteiger partial charge in [0.2, 0.25) is 5.91 Å². The predicted octanol–water partition coefficient (Wildman–Crippen LogP) is 0.616. The molecule has 0 aliphatic carbocycles. The summed E-state index contributed by atoms with van der Waals surface area (Å²) in [6.07, 6.45) is 0. The maximum absolute atomic E-state index is 10.8. The number of hydrogen-bond donors (Lipinski definition) is 2. The van der Waals surface area contributed by atoms with Crippen LogP contribution in [-0.4, -0.2) is 12.5 Å². The zero-order valence-corrected chi connectivity index (χ0v) is 8.95. The van der Waals surface area contributed by atoms with Gasteiger partial charge in [0.25, 0.3) is 0 Å². The highest BCUT2D eigenvalue weighted by molar-refractivity contribution is 7.12. The number of thiophene rings is 1. The Kier molecular flexibility index (Phi) is 5.88. The Morgan fingerprint density at radius 1 is 1.64 bits per heavy atom. The minimum Gasteiger partial charge on any atom is -0.350 e. The van der Waals surface area contributed by atoms with Gasteiger partial charge in [-0.3, -0.25) is 4.79 Å². The quantitative estimate of drug-likeness (QED) is 0.800. The first-order chi connectivity index (χ1) is 6.26. The monoisotopic (exact) mass is 231 g/mol. The van der Waals surface area contributed by atoms with Crippen LogP contribution in [0.2, 0.25) is 0 Å². The average molecular weight is 232 g/mol. The minimum atomic E-state index is -0.188. The highest BCUT2D eigenvalue weighted by Crippen LogP contribution is 2.14. The third-order valence-corrected chi connectivity index (χ3v) is 2.41. The Balaban J connectivity index is 0.00000169. The molecule has 0 unspecified atom stereocenters. The Morgan fingerprint density at radius 3 is 2.86 bits per heavy atom. The molecule has 6 heteroatoms. The minimum absolute atomic E-state index is 0. The van der Waals surface area contributed by atoms with E-state index in [1.165, 1.54) is 11.3 Å². The number of nitrogens with one attached hydrogen (secondary N) is 1. The zero-order chi connectivity index (χ0) is 9.68. The van der Waals surface area contributed by atoms with Gasteiger partial charge >= 0.3 is 0 Å². The van der Waals surface area contributed by atoms with Crippen molar-refractivity contribution < 1.29 is 4.79 Å². The van der Waals surface area contributed by atoms with Crippen LogP contribution >= 0.6 is 23.7 Å². The van der Waals surface area contributed by atoms with Crippen LogP contribution in [0.25, 0.3) is 0 Å². The van der Waals surface area contributed by atoms with Gasteiger partial charge in [-0.1, -0.05) is 0 Å². The molecule has 1 aromatic rings. The van der Waals surface area contributed by atoms with Crippen molar-refractivity contribution in [2.45, 2.75) is 6.54 Å². The van der Waals surface area contributed by atoms with Gasteiger partial charge < -0.3 is 11.1 Å². The van der Waals surface area contributed by atoms with Gasteiger partial charge in [-0.25, -0.2) is 0 Å². The van der Waals surface area contributed by atoms with Crippen molar-refractivity contribution in [3.63, 3.8) is 0 Å². The van der Waals surface area contributed by atoms with Crippen LogP contribution in [-0.2, 0) is 11.3 Å². The van der Waals surface area contributed by atoms with Crippen LogP contribution in [0.15, 0.2) is 12.1 Å². The largest absolute Gasteiger partial charge is 0.350 e. The molecule has 0 aliphatic rings. The standard InChI is InChI=1S/C8H9N3OS.ClH/c9-3-6-1-2-7(13-6)5-11-8(12)4-10;/h1-2H,4-5,10H2,(H,11,12);1H. The lowest BCUT2D eigenvalue weighted by atomic mass is 10.4. The highest BCUT2D eigenvalue weighted by atomic mass is 35.5. The molecule has 3 N–H and O–H groups in total. The number of nitrogens with two attached hydrogens (primary N) is 1. The highest BCUT2D eigenvalue weighted by Gasteiger charge is 2.00. The van der Waals surface area contributed by atoms with Crippen molar-refractivity contribution in [2.24, 2.45) is 5.73 Å². The Hall–Kier alpha value is -1.09.